The molecule has 0 aliphatic carbocycles. The number of ether oxygens (including phenoxy) is 2. The third kappa shape index (κ3) is 3.71. The van der Waals surface area contributed by atoms with E-state index >= 15 is 0 Å². The van der Waals surface area contributed by atoms with E-state index in [1.807, 2.05) is 18.2 Å². The molecule has 0 atom stereocenters. The van der Waals surface area contributed by atoms with E-state index in [1.165, 1.54) is 4.68 Å². The van der Waals surface area contributed by atoms with Gasteiger partial charge in [0.15, 0.2) is 5.69 Å². The smallest absolute Gasteiger partial charge is 0.273 e. The molecule has 0 fully saturated rings. The quantitative estimate of drug-likeness (QED) is 0.851. The van der Waals surface area contributed by atoms with Crippen LogP contribution < -0.4 is 14.8 Å². The van der Waals surface area contributed by atoms with Crippen molar-refractivity contribution in [2.45, 2.75) is 6.42 Å². The first-order valence-corrected chi connectivity index (χ1v) is 6.49. The van der Waals surface area contributed by atoms with E-state index in [1.54, 1.807) is 27.5 Å². The van der Waals surface area contributed by atoms with E-state index in [2.05, 4.69) is 15.6 Å². The van der Waals surface area contributed by atoms with Crippen LogP contribution in [0.15, 0.2) is 24.4 Å². The van der Waals surface area contributed by atoms with Crippen molar-refractivity contribution in [3.8, 4) is 11.5 Å². The zero-order chi connectivity index (χ0) is 15.2. The molecule has 7 heteroatoms. The molecular weight excluding hydrogens is 272 g/mol. The molecule has 0 saturated carbocycles. The van der Waals surface area contributed by atoms with Gasteiger partial charge in [-0.05, 0) is 30.2 Å². The van der Waals surface area contributed by atoms with Crippen molar-refractivity contribution in [2.24, 2.45) is 7.05 Å². The maximum atomic E-state index is 11.8. The summed E-state index contributed by atoms with van der Waals surface area (Å²) in [6.45, 7) is 0.471. The molecule has 0 bridgehead atoms. The average Bonchev–Trinajstić information content (AvgIpc) is 2.93. The Morgan fingerprint density at radius 3 is 2.76 bits per heavy atom. The molecule has 1 heterocycles. The highest BCUT2D eigenvalue weighted by Crippen LogP contribution is 2.24. The molecule has 0 spiro atoms. The summed E-state index contributed by atoms with van der Waals surface area (Å²) in [6.07, 6.45) is 2.20. The molecule has 1 amide bonds. The molecule has 1 aromatic heterocycles. The van der Waals surface area contributed by atoms with E-state index in [0.29, 0.717) is 18.7 Å². The number of nitrogens with one attached hydrogen (secondary N) is 1. The normalized spacial score (nSPS) is 10.2. The molecule has 2 aromatic rings. The molecule has 0 radical (unpaired) electrons. The van der Waals surface area contributed by atoms with Gasteiger partial charge in [0.2, 0.25) is 0 Å². The summed E-state index contributed by atoms with van der Waals surface area (Å²) < 4.78 is 12.0. The predicted molar refractivity (Wildman–Crippen MR) is 76.6 cm³/mol. The molecule has 0 saturated heterocycles. The second-order valence-corrected chi connectivity index (χ2v) is 4.46. The van der Waals surface area contributed by atoms with Crippen LogP contribution >= 0.6 is 0 Å². The van der Waals surface area contributed by atoms with Gasteiger partial charge in [-0.15, -0.1) is 5.10 Å². The van der Waals surface area contributed by atoms with Gasteiger partial charge in [0.25, 0.3) is 5.91 Å². The highest BCUT2D eigenvalue weighted by atomic mass is 16.5. The van der Waals surface area contributed by atoms with Crippen LogP contribution in [0.5, 0.6) is 11.5 Å². The number of aromatic nitrogens is 3. The number of benzene rings is 1. The van der Waals surface area contributed by atoms with E-state index in [-0.39, 0.29) is 5.91 Å². The fourth-order valence-corrected chi connectivity index (χ4v) is 1.93. The van der Waals surface area contributed by atoms with E-state index in [9.17, 15) is 4.79 Å². The summed E-state index contributed by atoms with van der Waals surface area (Å²) in [4.78, 5) is 11.8. The largest absolute Gasteiger partial charge is 0.497 e. The molecule has 0 unspecified atom stereocenters. The minimum absolute atomic E-state index is 0.245. The lowest BCUT2D eigenvalue weighted by molar-refractivity contribution is 0.0949. The number of nitrogens with zero attached hydrogens (tertiary/aromatic N) is 3. The number of hydrogen-bond acceptors (Lipinski definition) is 5. The van der Waals surface area contributed by atoms with Crippen molar-refractivity contribution in [1.29, 1.82) is 0 Å². The van der Waals surface area contributed by atoms with Crippen molar-refractivity contribution in [3.05, 3.63) is 35.7 Å². The first kappa shape index (κ1) is 14.8. The molecule has 1 N–H and O–H groups in total. The number of carbonyl (C=O) groups excluding carboxylic acids is 1. The van der Waals surface area contributed by atoms with Gasteiger partial charge in [-0.2, -0.15) is 0 Å². The summed E-state index contributed by atoms with van der Waals surface area (Å²) in [5.41, 5.74) is 1.27. The van der Waals surface area contributed by atoms with Gasteiger partial charge in [0.05, 0.1) is 20.4 Å². The Labute approximate surface area is 122 Å². The van der Waals surface area contributed by atoms with Crippen LogP contribution in [0.1, 0.15) is 16.1 Å². The number of aryl methyl sites for hydroxylation is 1. The standard InChI is InChI=1S/C14H18N4O3/c1-18-9-12(16-17-18)14(19)15-7-6-10-8-11(20-2)4-5-13(10)21-3/h4-5,8-9H,6-7H2,1-3H3,(H,15,19). The molecule has 1 aromatic carbocycles. The molecule has 0 aliphatic heterocycles. The topological polar surface area (TPSA) is 78.3 Å². The summed E-state index contributed by atoms with van der Waals surface area (Å²) in [5, 5.41) is 10.3. The maximum Gasteiger partial charge on any atom is 0.273 e. The molecule has 2 rings (SSSR count). The lowest BCUT2D eigenvalue weighted by Crippen LogP contribution is -2.26. The highest BCUT2D eigenvalue weighted by molar-refractivity contribution is 5.91. The average molecular weight is 290 g/mol. The van der Waals surface area contributed by atoms with Crippen molar-refractivity contribution in [1.82, 2.24) is 20.3 Å². The number of hydrogen-bond donors (Lipinski definition) is 1. The number of amides is 1. The van der Waals surface area contributed by atoms with Gasteiger partial charge in [-0.3, -0.25) is 9.48 Å². The van der Waals surface area contributed by atoms with Gasteiger partial charge >= 0.3 is 0 Å². The Bertz CT molecular complexity index is 624. The van der Waals surface area contributed by atoms with Crippen LogP contribution in [0.3, 0.4) is 0 Å². The van der Waals surface area contributed by atoms with Gasteiger partial charge in [-0.25, -0.2) is 0 Å². The van der Waals surface area contributed by atoms with Crippen molar-refractivity contribution in [3.63, 3.8) is 0 Å². The Hall–Kier alpha value is -2.57. The Morgan fingerprint density at radius 2 is 2.14 bits per heavy atom. The Morgan fingerprint density at radius 1 is 1.33 bits per heavy atom. The number of rotatable bonds is 6. The van der Waals surface area contributed by atoms with Crippen LogP contribution in [0, 0.1) is 0 Å². The van der Waals surface area contributed by atoms with Gasteiger partial charge in [0, 0.05) is 13.6 Å². The summed E-state index contributed by atoms with van der Waals surface area (Å²) >= 11 is 0. The maximum absolute atomic E-state index is 11.8. The van der Waals surface area contributed by atoms with E-state index < -0.39 is 0 Å². The van der Waals surface area contributed by atoms with Crippen LogP contribution in [0.2, 0.25) is 0 Å². The summed E-state index contributed by atoms with van der Waals surface area (Å²) in [6, 6.07) is 5.58. The van der Waals surface area contributed by atoms with Gasteiger partial charge in [0.1, 0.15) is 11.5 Å². The molecule has 112 valence electrons. The lowest BCUT2D eigenvalue weighted by Gasteiger charge is -2.10. The Kier molecular flexibility index (Phi) is 4.76. The molecular formula is C14H18N4O3. The zero-order valence-electron chi connectivity index (χ0n) is 12.3. The van der Waals surface area contributed by atoms with Crippen molar-refractivity contribution >= 4 is 5.91 Å². The van der Waals surface area contributed by atoms with Crippen LogP contribution in [0.4, 0.5) is 0 Å². The zero-order valence-corrected chi connectivity index (χ0v) is 12.3. The first-order valence-electron chi connectivity index (χ1n) is 6.49. The van der Waals surface area contributed by atoms with Crippen LogP contribution in [0.25, 0.3) is 0 Å². The molecule has 21 heavy (non-hydrogen) atoms. The third-order valence-corrected chi connectivity index (χ3v) is 3.00. The van der Waals surface area contributed by atoms with E-state index in [0.717, 1.165) is 17.1 Å². The van der Waals surface area contributed by atoms with Crippen LogP contribution in [-0.2, 0) is 13.5 Å². The summed E-state index contributed by atoms with van der Waals surface area (Å²) in [5.74, 6) is 1.28. The minimum atomic E-state index is -0.245. The molecule has 0 aliphatic rings. The lowest BCUT2D eigenvalue weighted by atomic mass is 10.1. The fourth-order valence-electron chi connectivity index (χ4n) is 1.93. The predicted octanol–water partition coefficient (Wildman–Crippen LogP) is 0.805. The minimum Gasteiger partial charge on any atom is -0.497 e. The number of carbonyl (C=O) groups is 1. The monoisotopic (exact) mass is 290 g/mol. The molecule has 7 nitrogen and oxygen atoms in total. The van der Waals surface area contributed by atoms with E-state index in [4.69, 9.17) is 9.47 Å². The fraction of sp³-hybridized carbons (Fsp3) is 0.357. The number of methoxy groups -OCH3 is 2. The van der Waals surface area contributed by atoms with Gasteiger partial charge < -0.3 is 14.8 Å². The van der Waals surface area contributed by atoms with Crippen molar-refractivity contribution in [2.75, 3.05) is 20.8 Å². The third-order valence-electron chi connectivity index (χ3n) is 3.00. The second kappa shape index (κ2) is 6.74. The van der Waals surface area contributed by atoms with Crippen LogP contribution in [-0.4, -0.2) is 41.7 Å². The Balaban J connectivity index is 1.95. The second-order valence-electron chi connectivity index (χ2n) is 4.46. The van der Waals surface area contributed by atoms with Crippen molar-refractivity contribution < 1.29 is 14.3 Å². The highest BCUT2D eigenvalue weighted by Gasteiger charge is 2.10. The summed E-state index contributed by atoms with van der Waals surface area (Å²) in [7, 11) is 4.94. The SMILES string of the molecule is COc1ccc(OC)c(CCNC(=O)c2cn(C)nn2)c1. The first-order chi connectivity index (χ1) is 10.1. The van der Waals surface area contributed by atoms with Gasteiger partial charge in [-0.1, -0.05) is 5.21 Å².